The third-order valence-corrected chi connectivity index (χ3v) is 9.00. The number of carbonyl (C=O) groups excluding carboxylic acids is 4. The van der Waals surface area contributed by atoms with Gasteiger partial charge in [0.05, 0.1) is 34.3 Å². The number of aromatic nitrogens is 4. The van der Waals surface area contributed by atoms with Crippen LogP contribution in [0.1, 0.15) is 0 Å². The van der Waals surface area contributed by atoms with E-state index in [1.807, 2.05) is 0 Å². The SMILES string of the molecule is O=C1C2C3C=CC(C2C(=O)N1c1nnc(-c2ccc(Cl)cc2)o1)C1C(=O)N(c2nnc(-c4ccccc4Cl)o2)C(=O)C31. The number of allylic oxidation sites excluding steroid dienone is 2. The highest BCUT2D eigenvalue weighted by molar-refractivity contribution is 6.33. The lowest BCUT2D eigenvalue weighted by molar-refractivity contribution is -0.137. The van der Waals surface area contributed by atoms with Gasteiger partial charge in [-0.05, 0) is 36.4 Å². The molecule has 9 rings (SSSR count). The standard InChI is InChI=1S/C28H16Cl2N6O6/c29-12-7-5-11(6-8-12)21-31-33-27(41-21)35-23(37)17-14-9-10-15(18(17)24(35)38)20-19(14)25(39)36(26(20)40)28-34-32-22(42-28)13-3-1-2-4-16(13)30/h1-10,14-15,17-20H. The highest BCUT2D eigenvalue weighted by Crippen LogP contribution is 2.58. The molecule has 2 aromatic carbocycles. The van der Waals surface area contributed by atoms with E-state index in [1.54, 1.807) is 60.7 Å². The molecule has 6 atom stereocenters. The van der Waals surface area contributed by atoms with E-state index in [4.69, 9.17) is 32.0 Å². The highest BCUT2D eigenvalue weighted by atomic mass is 35.5. The molecule has 2 aliphatic heterocycles. The molecule has 3 aliphatic carbocycles. The third-order valence-electron chi connectivity index (χ3n) is 8.42. The van der Waals surface area contributed by atoms with Crippen LogP contribution in [0.5, 0.6) is 0 Å². The van der Waals surface area contributed by atoms with E-state index in [-0.39, 0.29) is 23.8 Å². The first kappa shape index (κ1) is 25.1. The Bertz CT molecular complexity index is 1820. The number of anilines is 2. The second-order valence-corrected chi connectivity index (χ2v) is 11.3. The Hall–Kier alpha value is -4.68. The zero-order valence-electron chi connectivity index (χ0n) is 21.1. The van der Waals surface area contributed by atoms with E-state index < -0.39 is 59.1 Å². The molecule has 2 aromatic heterocycles. The fourth-order valence-corrected chi connectivity index (χ4v) is 7.01. The number of rotatable bonds is 4. The molecule has 4 aromatic rings. The number of hydrogen-bond donors (Lipinski definition) is 0. The Morgan fingerprint density at radius 2 is 1.07 bits per heavy atom. The number of halogens is 2. The van der Waals surface area contributed by atoms with Gasteiger partial charge in [0.25, 0.3) is 5.89 Å². The maximum atomic E-state index is 13.7. The first-order valence-corrected chi connectivity index (χ1v) is 13.7. The van der Waals surface area contributed by atoms with Gasteiger partial charge in [-0.1, -0.05) is 57.7 Å². The van der Waals surface area contributed by atoms with Gasteiger partial charge in [-0.15, -0.1) is 10.2 Å². The van der Waals surface area contributed by atoms with Gasteiger partial charge in [-0.3, -0.25) is 19.2 Å². The third kappa shape index (κ3) is 3.36. The molecule has 14 heteroatoms. The van der Waals surface area contributed by atoms with Gasteiger partial charge < -0.3 is 8.83 Å². The van der Waals surface area contributed by atoms with E-state index >= 15 is 0 Å². The monoisotopic (exact) mass is 602 g/mol. The number of nitrogens with zero attached hydrogens (tertiary/aromatic N) is 6. The van der Waals surface area contributed by atoms with Gasteiger partial charge in [0, 0.05) is 22.4 Å². The molecule has 42 heavy (non-hydrogen) atoms. The fraction of sp³-hybridized carbons (Fsp3) is 0.214. The summed E-state index contributed by atoms with van der Waals surface area (Å²) in [5.74, 6) is -7.06. The first-order chi connectivity index (χ1) is 20.3. The zero-order valence-corrected chi connectivity index (χ0v) is 22.6. The van der Waals surface area contributed by atoms with Crippen molar-refractivity contribution >= 4 is 58.9 Å². The predicted octanol–water partition coefficient (Wildman–Crippen LogP) is 3.82. The Balaban J connectivity index is 1.10. The largest absolute Gasteiger partial charge is 0.403 e. The van der Waals surface area contributed by atoms with Crippen molar-refractivity contribution in [3.8, 4) is 22.9 Å². The minimum absolute atomic E-state index is 0.0440. The highest BCUT2D eigenvalue weighted by Gasteiger charge is 2.70. The summed E-state index contributed by atoms with van der Waals surface area (Å²) in [4.78, 5) is 56.6. The molecule has 1 saturated carbocycles. The normalized spacial score (nSPS) is 27.8. The van der Waals surface area contributed by atoms with E-state index in [1.165, 1.54) is 0 Å². The average Bonchev–Trinajstić information content (AvgIpc) is 3.77. The van der Waals surface area contributed by atoms with Gasteiger partial charge in [0.15, 0.2) is 0 Å². The lowest BCUT2D eigenvalue weighted by Gasteiger charge is -2.44. The Morgan fingerprint density at radius 3 is 1.60 bits per heavy atom. The van der Waals surface area contributed by atoms with Crippen LogP contribution in [0.25, 0.3) is 22.9 Å². The van der Waals surface area contributed by atoms with Crippen LogP contribution < -0.4 is 9.80 Å². The quantitative estimate of drug-likeness (QED) is 0.249. The van der Waals surface area contributed by atoms with Crippen molar-refractivity contribution < 1.29 is 28.0 Å². The molecule has 0 radical (unpaired) electrons. The topological polar surface area (TPSA) is 153 Å². The van der Waals surface area contributed by atoms with Crippen LogP contribution in [-0.2, 0) is 19.2 Å². The van der Waals surface area contributed by atoms with Crippen molar-refractivity contribution in [3.63, 3.8) is 0 Å². The molecule has 4 amide bonds. The maximum Gasteiger partial charge on any atom is 0.332 e. The van der Waals surface area contributed by atoms with Crippen molar-refractivity contribution in [1.29, 1.82) is 0 Å². The van der Waals surface area contributed by atoms with Crippen LogP contribution in [-0.4, -0.2) is 44.0 Å². The van der Waals surface area contributed by atoms with Crippen LogP contribution in [0.3, 0.4) is 0 Å². The maximum absolute atomic E-state index is 13.7. The molecule has 0 spiro atoms. The van der Waals surface area contributed by atoms with Gasteiger partial charge in [-0.2, -0.15) is 9.80 Å². The van der Waals surface area contributed by atoms with Gasteiger partial charge >= 0.3 is 12.0 Å². The second kappa shape index (κ2) is 8.91. The van der Waals surface area contributed by atoms with Gasteiger partial charge in [0.2, 0.25) is 29.5 Å². The lowest BCUT2D eigenvalue weighted by Crippen LogP contribution is -2.50. The van der Waals surface area contributed by atoms with Crippen LogP contribution >= 0.6 is 23.2 Å². The molecule has 3 fully saturated rings. The molecular formula is C28H16Cl2N6O6. The number of imide groups is 2. The van der Waals surface area contributed by atoms with E-state index in [9.17, 15) is 19.2 Å². The minimum atomic E-state index is -0.881. The molecule has 2 saturated heterocycles. The van der Waals surface area contributed by atoms with Crippen LogP contribution in [0.4, 0.5) is 12.0 Å². The molecule has 0 N–H and O–H groups in total. The number of amides is 4. The number of hydrogen-bond acceptors (Lipinski definition) is 10. The first-order valence-electron chi connectivity index (χ1n) is 13.0. The van der Waals surface area contributed by atoms with Crippen LogP contribution in [0.2, 0.25) is 10.0 Å². The molecule has 12 nitrogen and oxygen atoms in total. The van der Waals surface area contributed by atoms with Crippen molar-refractivity contribution in [2.75, 3.05) is 9.80 Å². The molecule has 2 bridgehead atoms. The molecule has 5 aliphatic rings. The fourth-order valence-electron chi connectivity index (χ4n) is 6.67. The Morgan fingerprint density at radius 1 is 0.595 bits per heavy atom. The Kier molecular flexibility index (Phi) is 5.32. The summed E-state index contributed by atoms with van der Waals surface area (Å²) in [5, 5.41) is 16.7. The molecule has 4 heterocycles. The number of carbonyl (C=O) groups is 4. The van der Waals surface area contributed by atoms with Gasteiger partial charge in [-0.25, -0.2) is 0 Å². The second-order valence-electron chi connectivity index (χ2n) is 10.4. The van der Waals surface area contributed by atoms with Gasteiger partial charge in [0.1, 0.15) is 0 Å². The summed E-state index contributed by atoms with van der Waals surface area (Å²) in [7, 11) is 0. The smallest absolute Gasteiger partial charge is 0.332 e. The number of benzene rings is 2. The van der Waals surface area contributed by atoms with Crippen LogP contribution in [0, 0.1) is 35.5 Å². The van der Waals surface area contributed by atoms with E-state index in [2.05, 4.69) is 20.4 Å². The molecule has 208 valence electrons. The summed E-state index contributed by atoms with van der Waals surface area (Å²) < 4.78 is 11.4. The summed E-state index contributed by atoms with van der Waals surface area (Å²) in [6, 6.07) is 12.9. The summed E-state index contributed by atoms with van der Waals surface area (Å²) in [6.07, 6.45) is 3.48. The summed E-state index contributed by atoms with van der Waals surface area (Å²) in [6.45, 7) is 0. The van der Waals surface area contributed by atoms with Crippen LogP contribution in [0.15, 0.2) is 69.5 Å². The van der Waals surface area contributed by atoms with Crippen molar-refractivity contribution in [2.24, 2.45) is 35.5 Å². The average molecular weight is 603 g/mol. The van der Waals surface area contributed by atoms with Crippen molar-refractivity contribution in [1.82, 2.24) is 20.4 Å². The Labute approximate surface area is 245 Å². The zero-order chi connectivity index (χ0) is 28.9. The van der Waals surface area contributed by atoms with Crippen molar-refractivity contribution in [2.45, 2.75) is 0 Å². The van der Waals surface area contributed by atoms with Crippen molar-refractivity contribution in [3.05, 3.63) is 70.7 Å². The van der Waals surface area contributed by atoms with E-state index in [0.29, 0.717) is 21.2 Å². The van der Waals surface area contributed by atoms with E-state index in [0.717, 1.165) is 9.80 Å². The molecular weight excluding hydrogens is 587 g/mol. The lowest BCUT2D eigenvalue weighted by atomic mass is 9.54. The summed E-state index contributed by atoms with van der Waals surface area (Å²) >= 11 is 12.2. The summed E-state index contributed by atoms with van der Waals surface area (Å²) in [5.41, 5.74) is 1.00. The molecule has 6 unspecified atom stereocenters. The predicted molar refractivity (Wildman–Crippen MR) is 145 cm³/mol. The minimum Gasteiger partial charge on any atom is -0.403 e.